The Balaban J connectivity index is 2.97. The number of hydrogen-bond donors (Lipinski definition) is 1. The van der Waals surface area contributed by atoms with Gasteiger partial charge < -0.3 is 9.84 Å². The van der Waals surface area contributed by atoms with E-state index >= 15 is 0 Å². The van der Waals surface area contributed by atoms with E-state index in [1.807, 2.05) is 26.0 Å². The van der Waals surface area contributed by atoms with Gasteiger partial charge in [-0.15, -0.1) is 0 Å². The first-order chi connectivity index (χ1) is 7.10. The molecule has 1 unspecified atom stereocenters. The van der Waals surface area contributed by atoms with E-state index < -0.39 is 0 Å². The maximum absolute atomic E-state index is 10.2. The van der Waals surface area contributed by atoms with Crippen molar-refractivity contribution in [2.24, 2.45) is 5.92 Å². The molecule has 1 aliphatic carbocycles. The van der Waals surface area contributed by atoms with Gasteiger partial charge in [0.15, 0.2) is 0 Å². The Kier molecular flexibility index (Phi) is 3.86. The van der Waals surface area contributed by atoms with Gasteiger partial charge in [0.05, 0.1) is 6.10 Å². The third-order valence-electron chi connectivity index (χ3n) is 2.53. The summed E-state index contributed by atoms with van der Waals surface area (Å²) in [7, 11) is 1.67. The average molecular weight is 208 g/mol. The van der Waals surface area contributed by atoms with Crippen molar-refractivity contribution in [3.63, 3.8) is 0 Å². The summed E-state index contributed by atoms with van der Waals surface area (Å²) >= 11 is 0. The second-order valence-corrected chi connectivity index (χ2v) is 3.71. The normalized spacial score (nSPS) is 27.0. The first-order valence-corrected chi connectivity index (χ1v) is 4.87. The Bertz CT molecular complexity index is 337. The van der Waals surface area contributed by atoms with Crippen LogP contribution in [0, 0.1) is 5.92 Å². The molecule has 0 radical (unpaired) electrons. The van der Waals surface area contributed by atoms with Crippen LogP contribution in [0.3, 0.4) is 0 Å². The molecule has 0 spiro atoms. The quantitative estimate of drug-likeness (QED) is 0.439. The molecule has 3 nitrogen and oxygen atoms in total. The Hall–Kier alpha value is -1.35. The average Bonchev–Trinajstić information content (AvgIpc) is 2.17. The molecule has 82 valence electrons. The molecule has 0 aliphatic heterocycles. The lowest BCUT2D eigenvalue weighted by molar-refractivity contribution is -0.104. The van der Waals surface area contributed by atoms with Crippen LogP contribution in [-0.4, -0.2) is 24.6 Å². The number of ether oxygens (including phenoxy) is 1. The fourth-order valence-electron chi connectivity index (χ4n) is 1.88. The third kappa shape index (κ3) is 2.57. The van der Waals surface area contributed by atoms with E-state index in [1.165, 1.54) is 0 Å². The summed E-state index contributed by atoms with van der Waals surface area (Å²) in [5.41, 5.74) is 1.73. The number of hydrogen-bond acceptors (Lipinski definition) is 3. The Labute approximate surface area is 89.7 Å². The summed E-state index contributed by atoms with van der Waals surface area (Å²) in [6.07, 6.45) is 5.51. The molecule has 0 bridgehead atoms. The molecule has 15 heavy (non-hydrogen) atoms. The molecule has 0 saturated heterocycles. The highest BCUT2D eigenvalue weighted by atomic mass is 16.5. The number of aldehydes is 1. The lowest BCUT2D eigenvalue weighted by Crippen LogP contribution is -2.23. The van der Waals surface area contributed by atoms with Crippen molar-refractivity contribution in [2.75, 3.05) is 7.11 Å². The van der Waals surface area contributed by atoms with E-state index in [-0.39, 0.29) is 17.8 Å². The minimum atomic E-state index is 0.00533. The number of carbonyl (C=O) groups excluding carboxylic acids is 1. The zero-order valence-electron chi connectivity index (χ0n) is 9.23. The van der Waals surface area contributed by atoms with E-state index in [2.05, 4.69) is 0 Å². The van der Waals surface area contributed by atoms with Gasteiger partial charge in [-0.25, -0.2) is 0 Å². The first-order valence-electron chi connectivity index (χ1n) is 4.87. The number of aliphatic hydroxyl groups is 1. The number of carbonyl (C=O) groups is 1. The Morgan fingerprint density at radius 2 is 2.27 bits per heavy atom. The molecule has 2 atom stereocenters. The van der Waals surface area contributed by atoms with Gasteiger partial charge in [0, 0.05) is 24.7 Å². The zero-order chi connectivity index (χ0) is 11.4. The SMILES string of the molecule is COC1C(C)=CC(/C(O)=C/C=O)=C[C@H]1C. The minimum Gasteiger partial charge on any atom is -0.507 e. The van der Waals surface area contributed by atoms with Gasteiger partial charge in [-0.3, -0.25) is 4.79 Å². The van der Waals surface area contributed by atoms with Gasteiger partial charge in [-0.1, -0.05) is 19.1 Å². The molecule has 0 fully saturated rings. The van der Waals surface area contributed by atoms with Crippen LogP contribution in [0.5, 0.6) is 0 Å². The van der Waals surface area contributed by atoms with Crippen molar-refractivity contribution in [3.8, 4) is 0 Å². The number of methoxy groups -OCH3 is 1. The van der Waals surface area contributed by atoms with Crippen molar-refractivity contribution in [1.29, 1.82) is 0 Å². The number of aliphatic hydroxyl groups excluding tert-OH is 1. The van der Waals surface area contributed by atoms with Crippen LogP contribution >= 0.6 is 0 Å². The van der Waals surface area contributed by atoms with Gasteiger partial charge in [-0.05, 0) is 12.5 Å². The maximum atomic E-state index is 10.2. The second-order valence-electron chi connectivity index (χ2n) is 3.71. The second kappa shape index (κ2) is 4.94. The van der Waals surface area contributed by atoms with Crippen LogP contribution < -0.4 is 0 Å². The monoisotopic (exact) mass is 208 g/mol. The molecule has 0 aromatic carbocycles. The molecular weight excluding hydrogens is 192 g/mol. The molecule has 0 amide bonds. The summed E-state index contributed by atoms with van der Waals surface area (Å²) in [4.78, 5) is 10.2. The lowest BCUT2D eigenvalue weighted by Gasteiger charge is -2.25. The van der Waals surface area contributed by atoms with Crippen molar-refractivity contribution < 1.29 is 14.6 Å². The summed E-state index contributed by atoms with van der Waals surface area (Å²) < 4.78 is 5.32. The fourth-order valence-corrected chi connectivity index (χ4v) is 1.88. The molecule has 1 aliphatic rings. The summed E-state index contributed by atoms with van der Waals surface area (Å²) in [6, 6.07) is 0. The number of allylic oxidation sites excluding steroid dienone is 2. The predicted octanol–water partition coefficient (Wildman–Crippen LogP) is 2.16. The third-order valence-corrected chi connectivity index (χ3v) is 2.53. The van der Waals surface area contributed by atoms with Crippen molar-refractivity contribution in [2.45, 2.75) is 20.0 Å². The fraction of sp³-hybridized carbons (Fsp3) is 0.417. The van der Waals surface area contributed by atoms with E-state index in [4.69, 9.17) is 4.74 Å². The van der Waals surface area contributed by atoms with Crippen LogP contribution in [0.4, 0.5) is 0 Å². The Morgan fingerprint density at radius 3 is 2.73 bits per heavy atom. The molecular formula is C12H16O3. The van der Waals surface area contributed by atoms with Crippen LogP contribution in [-0.2, 0) is 9.53 Å². The zero-order valence-corrected chi connectivity index (χ0v) is 9.23. The predicted molar refractivity (Wildman–Crippen MR) is 58.6 cm³/mol. The number of rotatable bonds is 3. The van der Waals surface area contributed by atoms with E-state index in [0.29, 0.717) is 11.9 Å². The van der Waals surface area contributed by atoms with E-state index in [1.54, 1.807) is 7.11 Å². The first kappa shape index (κ1) is 11.7. The summed E-state index contributed by atoms with van der Waals surface area (Å²) in [5, 5.41) is 9.54. The molecule has 0 heterocycles. The Morgan fingerprint density at radius 1 is 1.60 bits per heavy atom. The highest BCUT2D eigenvalue weighted by Gasteiger charge is 2.22. The molecule has 1 N–H and O–H groups in total. The van der Waals surface area contributed by atoms with Crippen molar-refractivity contribution in [1.82, 2.24) is 0 Å². The molecule has 3 heteroatoms. The van der Waals surface area contributed by atoms with Gasteiger partial charge >= 0.3 is 0 Å². The topological polar surface area (TPSA) is 46.5 Å². The largest absolute Gasteiger partial charge is 0.507 e. The van der Waals surface area contributed by atoms with Crippen molar-refractivity contribution in [3.05, 3.63) is 35.1 Å². The lowest BCUT2D eigenvalue weighted by atomic mass is 9.88. The van der Waals surface area contributed by atoms with Crippen LogP contribution in [0.15, 0.2) is 35.1 Å². The van der Waals surface area contributed by atoms with Gasteiger partial charge in [0.1, 0.15) is 12.0 Å². The maximum Gasteiger partial charge on any atom is 0.146 e. The molecule has 0 saturated carbocycles. The van der Waals surface area contributed by atoms with Gasteiger partial charge in [0.2, 0.25) is 0 Å². The summed E-state index contributed by atoms with van der Waals surface area (Å²) in [5.74, 6) is 0.197. The van der Waals surface area contributed by atoms with Crippen molar-refractivity contribution >= 4 is 6.29 Å². The molecule has 1 rings (SSSR count). The van der Waals surface area contributed by atoms with Crippen LogP contribution in [0.25, 0.3) is 0 Å². The smallest absolute Gasteiger partial charge is 0.146 e. The van der Waals surface area contributed by atoms with E-state index in [9.17, 15) is 9.90 Å². The molecule has 0 aromatic heterocycles. The van der Waals surface area contributed by atoms with Gasteiger partial charge in [-0.2, -0.15) is 0 Å². The molecule has 0 aromatic rings. The van der Waals surface area contributed by atoms with Crippen LogP contribution in [0.1, 0.15) is 13.8 Å². The van der Waals surface area contributed by atoms with Gasteiger partial charge in [0.25, 0.3) is 0 Å². The minimum absolute atomic E-state index is 0.00533. The highest BCUT2D eigenvalue weighted by molar-refractivity contribution is 5.67. The standard InChI is InChI=1S/C12H16O3/c1-8-6-10(11(14)4-5-13)7-9(2)12(8)15-3/h4-8,12,14H,1-3H3/b11-4-/t8-,12?/m1/s1. The van der Waals surface area contributed by atoms with Crippen LogP contribution in [0.2, 0.25) is 0 Å². The highest BCUT2D eigenvalue weighted by Crippen LogP contribution is 2.27. The van der Waals surface area contributed by atoms with E-state index in [0.717, 1.165) is 11.6 Å². The summed E-state index contributed by atoms with van der Waals surface area (Å²) in [6.45, 7) is 3.96.